The molecule has 1 amide bonds. The van der Waals surface area contributed by atoms with Crippen molar-refractivity contribution < 1.29 is 4.79 Å². The minimum Gasteiger partial charge on any atom is -0.355 e. The first-order chi connectivity index (χ1) is 5.20. The maximum atomic E-state index is 10.7. The number of hydrogen-bond acceptors (Lipinski definition) is 2. The van der Waals surface area contributed by atoms with Crippen LogP contribution in [0.1, 0.15) is 13.3 Å². The molecule has 0 rings (SSSR count). The summed E-state index contributed by atoms with van der Waals surface area (Å²) in [5.74, 6) is 0.0679. The normalized spacial score (nSPS) is 12.6. The van der Waals surface area contributed by atoms with Crippen molar-refractivity contribution in [1.82, 2.24) is 5.32 Å². The smallest absolute Gasteiger partial charge is 0.230 e. The van der Waals surface area contributed by atoms with E-state index in [2.05, 4.69) is 34.4 Å². The molecule has 1 unspecified atom stereocenters. The van der Waals surface area contributed by atoms with Crippen molar-refractivity contribution in [1.29, 1.82) is 0 Å². The van der Waals surface area contributed by atoms with E-state index in [1.54, 1.807) is 0 Å². The van der Waals surface area contributed by atoms with Crippen molar-refractivity contribution in [3.8, 4) is 0 Å². The number of rotatable bonds is 5. The molecule has 0 aliphatic rings. The van der Waals surface area contributed by atoms with Gasteiger partial charge in [0.05, 0.1) is 5.33 Å². The van der Waals surface area contributed by atoms with Crippen LogP contribution in [0.3, 0.4) is 0 Å². The van der Waals surface area contributed by atoms with E-state index >= 15 is 0 Å². The summed E-state index contributed by atoms with van der Waals surface area (Å²) in [5.41, 5.74) is 0. The number of amides is 1. The Balaban J connectivity index is 3.20. The SMILES string of the molecule is CSC(C)CCNC(=O)CBr. The highest BCUT2D eigenvalue weighted by Gasteiger charge is 2.00. The lowest BCUT2D eigenvalue weighted by molar-refractivity contribution is -0.118. The van der Waals surface area contributed by atoms with Gasteiger partial charge in [0, 0.05) is 11.8 Å². The van der Waals surface area contributed by atoms with Gasteiger partial charge < -0.3 is 5.32 Å². The van der Waals surface area contributed by atoms with E-state index in [4.69, 9.17) is 0 Å². The Morgan fingerprint density at radius 2 is 2.36 bits per heavy atom. The molecule has 0 spiro atoms. The second-order valence-electron chi connectivity index (χ2n) is 2.32. The topological polar surface area (TPSA) is 29.1 Å². The minimum absolute atomic E-state index is 0.0679. The molecule has 0 aliphatic carbocycles. The first-order valence-corrected chi connectivity index (χ1v) is 5.97. The Morgan fingerprint density at radius 3 is 2.82 bits per heavy atom. The zero-order chi connectivity index (χ0) is 8.69. The fraction of sp³-hybridized carbons (Fsp3) is 0.857. The Morgan fingerprint density at radius 1 is 1.73 bits per heavy atom. The molecule has 0 aromatic rings. The molecule has 0 radical (unpaired) electrons. The van der Waals surface area contributed by atoms with Crippen molar-refractivity contribution in [3.63, 3.8) is 0 Å². The average Bonchev–Trinajstić information content (AvgIpc) is 2.04. The summed E-state index contributed by atoms with van der Waals surface area (Å²) in [5, 5.41) is 3.83. The maximum Gasteiger partial charge on any atom is 0.230 e. The Kier molecular flexibility index (Phi) is 7.17. The molecule has 1 atom stereocenters. The van der Waals surface area contributed by atoms with Crippen LogP contribution in [-0.4, -0.2) is 29.3 Å². The van der Waals surface area contributed by atoms with E-state index in [1.165, 1.54) is 0 Å². The van der Waals surface area contributed by atoms with Crippen molar-refractivity contribution >= 4 is 33.6 Å². The zero-order valence-corrected chi connectivity index (χ0v) is 9.30. The van der Waals surface area contributed by atoms with Crippen molar-refractivity contribution in [3.05, 3.63) is 0 Å². The fourth-order valence-corrected chi connectivity index (χ4v) is 1.13. The summed E-state index contributed by atoms with van der Waals surface area (Å²) in [6, 6.07) is 0. The van der Waals surface area contributed by atoms with Gasteiger partial charge in [-0.05, 0) is 12.7 Å². The third kappa shape index (κ3) is 6.69. The first kappa shape index (κ1) is 11.3. The van der Waals surface area contributed by atoms with Crippen LogP contribution in [0.15, 0.2) is 0 Å². The van der Waals surface area contributed by atoms with E-state index in [1.807, 2.05) is 11.8 Å². The second-order valence-corrected chi connectivity index (χ2v) is 4.16. The van der Waals surface area contributed by atoms with E-state index in [0.717, 1.165) is 13.0 Å². The molecule has 1 N–H and O–H groups in total. The number of nitrogens with one attached hydrogen (secondary N) is 1. The molecule has 4 heteroatoms. The molecule has 0 fully saturated rings. The molecular weight excluding hydrogens is 226 g/mol. The van der Waals surface area contributed by atoms with Crippen LogP contribution in [0, 0.1) is 0 Å². The number of thioether (sulfide) groups is 1. The zero-order valence-electron chi connectivity index (χ0n) is 6.89. The van der Waals surface area contributed by atoms with Crippen LogP contribution in [0.4, 0.5) is 0 Å². The predicted octanol–water partition coefficient (Wildman–Crippen LogP) is 1.64. The highest BCUT2D eigenvalue weighted by Crippen LogP contribution is 2.07. The lowest BCUT2D eigenvalue weighted by Crippen LogP contribution is -2.26. The Labute approximate surface area is 80.6 Å². The fourth-order valence-electron chi connectivity index (χ4n) is 0.580. The molecular formula is C7H14BrNOS. The summed E-state index contributed by atoms with van der Waals surface area (Å²) in [6.45, 7) is 2.94. The quantitative estimate of drug-likeness (QED) is 0.740. The monoisotopic (exact) mass is 239 g/mol. The Hall–Kier alpha value is 0.300. The molecule has 2 nitrogen and oxygen atoms in total. The number of carbonyl (C=O) groups excluding carboxylic acids is 1. The lowest BCUT2D eigenvalue weighted by Gasteiger charge is -2.07. The lowest BCUT2D eigenvalue weighted by atomic mass is 10.3. The van der Waals surface area contributed by atoms with Gasteiger partial charge in [-0.2, -0.15) is 11.8 Å². The van der Waals surface area contributed by atoms with Crippen molar-refractivity contribution in [2.75, 3.05) is 18.1 Å². The molecule has 0 saturated carbocycles. The Bertz CT molecular complexity index is 121. The molecule has 11 heavy (non-hydrogen) atoms. The van der Waals surface area contributed by atoms with Gasteiger partial charge in [-0.15, -0.1) is 0 Å². The highest BCUT2D eigenvalue weighted by molar-refractivity contribution is 9.09. The maximum absolute atomic E-state index is 10.7. The molecule has 0 aromatic heterocycles. The number of alkyl halides is 1. The van der Waals surface area contributed by atoms with Crippen molar-refractivity contribution in [2.24, 2.45) is 0 Å². The third-order valence-corrected chi connectivity index (χ3v) is 2.95. The van der Waals surface area contributed by atoms with Crippen LogP contribution in [0.5, 0.6) is 0 Å². The number of hydrogen-bond donors (Lipinski definition) is 1. The summed E-state index contributed by atoms with van der Waals surface area (Å²) in [7, 11) is 0. The van der Waals surface area contributed by atoms with Gasteiger partial charge in [-0.25, -0.2) is 0 Å². The van der Waals surface area contributed by atoms with Gasteiger partial charge in [0.2, 0.25) is 5.91 Å². The van der Waals surface area contributed by atoms with E-state index in [-0.39, 0.29) is 5.91 Å². The molecule has 0 bridgehead atoms. The predicted molar refractivity (Wildman–Crippen MR) is 54.4 cm³/mol. The molecule has 0 aliphatic heterocycles. The number of halogens is 1. The van der Waals surface area contributed by atoms with E-state index in [9.17, 15) is 4.79 Å². The second kappa shape index (κ2) is 6.98. The molecule has 66 valence electrons. The van der Waals surface area contributed by atoms with Gasteiger partial charge in [0.15, 0.2) is 0 Å². The van der Waals surface area contributed by atoms with E-state index < -0.39 is 0 Å². The summed E-state index contributed by atoms with van der Waals surface area (Å²) in [4.78, 5) is 10.7. The molecule has 0 aromatic carbocycles. The standard InChI is InChI=1S/C7H14BrNOS/c1-6(11-2)3-4-9-7(10)5-8/h6H,3-5H2,1-2H3,(H,9,10). The summed E-state index contributed by atoms with van der Waals surface area (Å²) >= 11 is 4.90. The van der Waals surface area contributed by atoms with Crippen LogP contribution < -0.4 is 5.32 Å². The summed E-state index contributed by atoms with van der Waals surface area (Å²) < 4.78 is 0. The third-order valence-electron chi connectivity index (χ3n) is 1.40. The highest BCUT2D eigenvalue weighted by atomic mass is 79.9. The average molecular weight is 240 g/mol. The van der Waals surface area contributed by atoms with Crippen LogP contribution in [-0.2, 0) is 4.79 Å². The minimum atomic E-state index is 0.0679. The first-order valence-electron chi connectivity index (χ1n) is 3.56. The molecule has 0 heterocycles. The van der Waals surface area contributed by atoms with Gasteiger partial charge in [-0.1, -0.05) is 22.9 Å². The van der Waals surface area contributed by atoms with Gasteiger partial charge in [0.25, 0.3) is 0 Å². The van der Waals surface area contributed by atoms with Gasteiger partial charge >= 0.3 is 0 Å². The van der Waals surface area contributed by atoms with Crippen LogP contribution in [0.2, 0.25) is 0 Å². The van der Waals surface area contributed by atoms with Gasteiger partial charge in [0.1, 0.15) is 0 Å². The van der Waals surface area contributed by atoms with Gasteiger partial charge in [-0.3, -0.25) is 4.79 Å². The van der Waals surface area contributed by atoms with Crippen molar-refractivity contribution in [2.45, 2.75) is 18.6 Å². The molecule has 0 saturated heterocycles. The van der Waals surface area contributed by atoms with E-state index in [0.29, 0.717) is 10.6 Å². The number of carbonyl (C=O) groups is 1. The largest absolute Gasteiger partial charge is 0.355 e. The van der Waals surface area contributed by atoms with Crippen LogP contribution >= 0.6 is 27.7 Å². The van der Waals surface area contributed by atoms with Crippen LogP contribution in [0.25, 0.3) is 0 Å². The summed E-state index contributed by atoms with van der Waals surface area (Å²) in [6.07, 6.45) is 3.12.